The van der Waals surface area contributed by atoms with E-state index >= 15 is 0 Å². The summed E-state index contributed by atoms with van der Waals surface area (Å²) in [5.74, 6) is 0. The Balaban J connectivity index is 3.01. The molecule has 0 aliphatic carbocycles. The molecular weight excluding hydrogens is 192 g/mol. The van der Waals surface area contributed by atoms with Gasteiger partial charge in [-0.15, -0.1) is 6.58 Å². The van der Waals surface area contributed by atoms with Gasteiger partial charge < -0.3 is 0 Å². The second-order valence-corrected chi connectivity index (χ2v) is 4.60. The molecule has 0 bridgehead atoms. The van der Waals surface area contributed by atoms with Gasteiger partial charge in [0.1, 0.15) is 0 Å². The van der Waals surface area contributed by atoms with Crippen molar-refractivity contribution in [2.24, 2.45) is 0 Å². The summed E-state index contributed by atoms with van der Waals surface area (Å²) in [5, 5.41) is 0. The normalized spacial score (nSPS) is 11.1. The quantitative estimate of drug-likeness (QED) is 0.279. The minimum Gasteiger partial charge on any atom is -0.103 e. The molecule has 0 N–H and O–H groups in total. The van der Waals surface area contributed by atoms with E-state index in [-0.39, 0.29) is 0 Å². The van der Waals surface area contributed by atoms with Crippen LogP contribution in [-0.2, 0) is 0 Å². The van der Waals surface area contributed by atoms with Crippen molar-refractivity contribution in [1.82, 2.24) is 0 Å². The maximum atomic E-state index is 3.74. The maximum absolute atomic E-state index is 3.74. The standard InChI is InChI=1S/C16H30/c1-3-5-7-9-11-13-15-16-14-12-10-8-6-4-2/h3,15-16H,1,4-14H2,2H3. The molecule has 0 aromatic carbocycles. The summed E-state index contributed by atoms with van der Waals surface area (Å²) in [7, 11) is 0. The first-order chi connectivity index (χ1) is 7.91. The first-order valence-corrected chi connectivity index (χ1v) is 7.17. The Morgan fingerprint density at radius 3 is 1.75 bits per heavy atom. The number of rotatable bonds is 12. The molecule has 0 aromatic rings. The van der Waals surface area contributed by atoms with Gasteiger partial charge in [-0.2, -0.15) is 0 Å². The Kier molecular flexibility index (Phi) is 14.0. The fourth-order valence-electron chi connectivity index (χ4n) is 1.83. The monoisotopic (exact) mass is 222 g/mol. The molecule has 0 saturated heterocycles. The second-order valence-electron chi connectivity index (χ2n) is 4.60. The van der Waals surface area contributed by atoms with Crippen LogP contribution in [0.2, 0.25) is 0 Å². The average Bonchev–Trinajstić information content (AvgIpc) is 2.31. The van der Waals surface area contributed by atoms with Crippen molar-refractivity contribution in [3.8, 4) is 0 Å². The number of hydrogen-bond acceptors (Lipinski definition) is 0. The van der Waals surface area contributed by atoms with Gasteiger partial charge in [0.05, 0.1) is 0 Å². The lowest BCUT2D eigenvalue weighted by molar-refractivity contribution is 0.636. The Hall–Kier alpha value is -0.520. The van der Waals surface area contributed by atoms with Crippen LogP contribution in [0.4, 0.5) is 0 Å². The van der Waals surface area contributed by atoms with Crippen LogP contribution in [-0.4, -0.2) is 0 Å². The summed E-state index contributed by atoms with van der Waals surface area (Å²) in [6.45, 7) is 6.01. The van der Waals surface area contributed by atoms with Crippen molar-refractivity contribution < 1.29 is 0 Å². The zero-order valence-electron chi connectivity index (χ0n) is 11.2. The molecule has 0 amide bonds. The Morgan fingerprint density at radius 2 is 1.19 bits per heavy atom. The first-order valence-electron chi connectivity index (χ1n) is 7.17. The van der Waals surface area contributed by atoms with Crippen molar-refractivity contribution in [3.05, 3.63) is 24.8 Å². The van der Waals surface area contributed by atoms with Crippen LogP contribution in [0.25, 0.3) is 0 Å². The van der Waals surface area contributed by atoms with Crippen LogP contribution < -0.4 is 0 Å². The van der Waals surface area contributed by atoms with E-state index in [0.717, 1.165) is 0 Å². The average molecular weight is 222 g/mol. The Labute approximate surface area is 103 Å². The molecule has 0 nitrogen and oxygen atoms in total. The lowest BCUT2D eigenvalue weighted by atomic mass is 10.1. The highest BCUT2D eigenvalue weighted by molar-refractivity contribution is 4.81. The van der Waals surface area contributed by atoms with Gasteiger partial charge in [0.15, 0.2) is 0 Å². The molecule has 0 fully saturated rings. The molecule has 0 aliphatic rings. The van der Waals surface area contributed by atoms with Gasteiger partial charge in [-0.05, 0) is 38.5 Å². The van der Waals surface area contributed by atoms with Crippen molar-refractivity contribution in [3.63, 3.8) is 0 Å². The first kappa shape index (κ1) is 15.5. The van der Waals surface area contributed by atoms with E-state index in [1.54, 1.807) is 0 Å². The third kappa shape index (κ3) is 13.5. The van der Waals surface area contributed by atoms with E-state index in [4.69, 9.17) is 0 Å². The van der Waals surface area contributed by atoms with Gasteiger partial charge >= 0.3 is 0 Å². The molecule has 0 heterocycles. The highest BCUT2D eigenvalue weighted by atomic mass is 13.9. The summed E-state index contributed by atoms with van der Waals surface area (Å²) >= 11 is 0. The van der Waals surface area contributed by atoms with Crippen LogP contribution in [0, 0.1) is 0 Å². The highest BCUT2D eigenvalue weighted by Crippen LogP contribution is 2.07. The van der Waals surface area contributed by atoms with Crippen molar-refractivity contribution in [1.29, 1.82) is 0 Å². The third-order valence-corrected chi connectivity index (χ3v) is 2.92. The fourth-order valence-corrected chi connectivity index (χ4v) is 1.83. The minimum absolute atomic E-state index is 1.18. The maximum Gasteiger partial charge on any atom is -0.0351 e. The number of allylic oxidation sites excluding steroid dienone is 3. The molecule has 0 aliphatic heterocycles. The molecule has 0 saturated carbocycles. The second kappa shape index (κ2) is 14.5. The van der Waals surface area contributed by atoms with Crippen LogP contribution in [0.5, 0.6) is 0 Å². The van der Waals surface area contributed by atoms with Crippen LogP contribution in [0.1, 0.15) is 77.6 Å². The van der Waals surface area contributed by atoms with E-state index in [2.05, 4.69) is 25.7 Å². The molecule has 0 radical (unpaired) electrons. The molecular formula is C16H30. The molecule has 0 spiro atoms. The molecule has 16 heavy (non-hydrogen) atoms. The lowest BCUT2D eigenvalue weighted by Crippen LogP contribution is -1.77. The van der Waals surface area contributed by atoms with E-state index < -0.39 is 0 Å². The van der Waals surface area contributed by atoms with Crippen molar-refractivity contribution in [2.45, 2.75) is 77.6 Å². The Bertz CT molecular complexity index is 155. The molecule has 0 unspecified atom stereocenters. The predicted molar refractivity (Wildman–Crippen MR) is 75.8 cm³/mol. The van der Waals surface area contributed by atoms with Gasteiger partial charge in [0, 0.05) is 0 Å². The van der Waals surface area contributed by atoms with Crippen molar-refractivity contribution in [2.75, 3.05) is 0 Å². The van der Waals surface area contributed by atoms with Gasteiger partial charge in [-0.25, -0.2) is 0 Å². The zero-order valence-corrected chi connectivity index (χ0v) is 11.2. The molecule has 94 valence electrons. The summed E-state index contributed by atoms with van der Waals surface area (Å²) in [6, 6.07) is 0. The van der Waals surface area contributed by atoms with E-state index in [1.165, 1.54) is 70.6 Å². The Morgan fingerprint density at radius 1 is 0.688 bits per heavy atom. The van der Waals surface area contributed by atoms with E-state index in [9.17, 15) is 0 Å². The molecule has 0 aromatic heterocycles. The van der Waals surface area contributed by atoms with Crippen molar-refractivity contribution >= 4 is 0 Å². The largest absolute Gasteiger partial charge is 0.103 e. The van der Waals surface area contributed by atoms with Crippen LogP contribution in [0.3, 0.4) is 0 Å². The SMILES string of the molecule is C=CCCCCCC=CCCCCCCC. The topological polar surface area (TPSA) is 0 Å². The van der Waals surface area contributed by atoms with Crippen LogP contribution >= 0.6 is 0 Å². The summed E-state index contributed by atoms with van der Waals surface area (Å²) in [6.07, 6.45) is 21.5. The predicted octanol–water partition coefficient (Wildman–Crippen LogP) is 6.04. The van der Waals surface area contributed by atoms with Gasteiger partial charge in [-0.1, -0.05) is 57.3 Å². The summed E-state index contributed by atoms with van der Waals surface area (Å²) < 4.78 is 0. The van der Waals surface area contributed by atoms with E-state index in [0.29, 0.717) is 0 Å². The van der Waals surface area contributed by atoms with Gasteiger partial charge in [0.25, 0.3) is 0 Å². The molecule has 0 heteroatoms. The summed E-state index contributed by atoms with van der Waals surface area (Å²) in [5.41, 5.74) is 0. The zero-order chi connectivity index (χ0) is 11.9. The molecule has 0 rings (SSSR count). The minimum atomic E-state index is 1.18. The number of unbranched alkanes of at least 4 members (excludes halogenated alkanes) is 9. The molecule has 0 atom stereocenters. The van der Waals surface area contributed by atoms with E-state index in [1.807, 2.05) is 6.08 Å². The summed E-state index contributed by atoms with van der Waals surface area (Å²) in [4.78, 5) is 0. The van der Waals surface area contributed by atoms with Gasteiger partial charge in [0.2, 0.25) is 0 Å². The lowest BCUT2D eigenvalue weighted by Gasteiger charge is -1.97. The van der Waals surface area contributed by atoms with Gasteiger partial charge in [-0.3, -0.25) is 0 Å². The fraction of sp³-hybridized carbons (Fsp3) is 0.750. The third-order valence-electron chi connectivity index (χ3n) is 2.92. The highest BCUT2D eigenvalue weighted by Gasteiger charge is 1.87. The smallest absolute Gasteiger partial charge is 0.0351 e. The number of hydrogen-bond donors (Lipinski definition) is 0. The van der Waals surface area contributed by atoms with Crippen LogP contribution in [0.15, 0.2) is 24.8 Å².